The minimum Gasteiger partial charge on any atom is -0.403 e. The van der Waals surface area contributed by atoms with Gasteiger partial charge in [0.25, 0.3) is 5.89 Å². The Balaban J connectivity index is 1.31. The first-order valence-corrected chi connectivity index (χ1v) is 10.2. The molecule has 3 heterocycles. The molecule has 8 nitrogen and oxygen atoms in total. The summed E-state index contributed by atoms with van der Waals surface area (Å²) in [6.45, 7) is 3.23. The molecule has 1 saturated carbocycles. The summed E-state index contributed by atoms with van der Waals surface area (Å²) in [5, 5.41) is 10.7. The number of benzene rings is 1. The Hall–Kier alpha value is -3.11. The lowest BCUT2D eigenvalue weighted by Gasteiger charge is -2.33. The number of rotatable bonds is 4. The van der Waals surface area contributed by atoms with Crippen LogP contribution in [-0.4, -0.2) is 50.1 Å². The van der Waals surface area contributed by atoms with Gasteiger partial charge in [0.05, 0.1) is 23.0 Å². The van der Waals surface area contributed by atoms with Crippen molar-refractivity contribution in [3.63, 3.8) is 0 Å². The van der Waals surface area contributed by atoms with E-state index in [4.69, 9.17) is 4.42 Å². The van der Waals surface area contributed by atoms with E-state index in [1.54, 1.807) is 6.92 Å². The van der Waals surface area contributed by atoms with E-state index in [-0.39, 0.29) is 28.8 Å². The SMILES string of the molecule is C[C@@H](Nc1nnc(-c2ccc(C(F)(F)F)c3nc[nH]c23)o1)C(=O)N1CCC2(CC1)CC2. The number of alkyl halides is 3. The fourth-order valence-electron chi connectivity index (χ4n) is 4.23. The number of hydrogen-bond donors (Lipinski definition) is 2. The van der Waals surface area contributed by atoms with Crippen molar-refractivity contribution in [2.24, 2.45) is 5.41 Å². The second-order valence-electron chi connectivity index (χ2n) is 8.39. The van der Waals surface area contributed by atoms with Gasteiger partial charge in [-0.3, -0.25) is 4.79 Å². The van der Waals surface area contributed by atoms with Gasteiger partial charge in [-0.25, -0.2) is 4.98 Å². The Morgan fingerprint density at radius 1 is 1.23 bits per heavy atom. The lowest BCUT2D eigenvalue weighted by molar-refractivity contribution is -0.136. The van der Waals surface area contributed by atoms with Crippen LogP contribution in [0.1, 0.15) is 38.2 Å². The normalized spacial score (nSPS) is 19.0. The zero-order valence-electron chi connectivity index (χ0n) is 16.8. The van der Waals surface area contributed by atoms with E-state index in [2.05, 4.69) is 25.5 Å². The van der Waals surface area contributed by atoms with E-state index >= 15 is 0 Å². The van der Waals surface area contributed by atoms with E-state index in [1.807, 2.05) is 4.90 Å². The molecule has 1 aromatic carbocycles. The number of nitrogens with zero attached hydrogens (tertiary/aromatic N) is 4. The van der Waals surface area contributed by atoms with Crippen LogP contribution in [0.3, 0.4) is 0 Å². The summed E-state index contributed by atoms with van der Waals surface area (Å²) in [4.78, 5) is 21.1. The molecule has 1 aliphatic heterocycles. The van der Waals surface area contributed by atoms with Gasteiger partial charge in [-0.1, -0.05) is 5.10 Å². The Bertz CT molecular complexity index is 1120. The molecule has 31 heavy (non-hydrogen) atoms. The van der Waals surface area contributed by atoms with Gasteiger partial charge in [0.15, 0.2) is 0 Å². The molecule has 2 aliphatic rings. The first-order chi connectivity index (χ1) is 14.8. The largest absolute Gasteiger partial charge is 0.418 e. The second-order valence-corrected chi connectivity index (χ2v) is 8.39. The zero-order valence-corrected chi connectivity index (χ0v) is 16.8. The topological polar surface area (TPSA) is 99.9 Å². The van der Waals surface area contributed by atoms with Crippen molar-refractivity contribution in [2.45, 2.75) is 44.8 Å². The number of aromatic amines is 1. The van der Waals surface area contributed by atoms with Gasteiger partial charge in [-0.15, -0.1) is 5.10 Å². The number of halogens is 3. The highest BCUT2D eigenvalue weighted by Crippen LogP contribution is 2.53. The summed E-state index contributed by atoms with van der Waals surface area (Å²) in [5.41, 5.74) is -0.143. The van der Waals surface area contributed by atoms with Crippen LogP contribution in [0.15, 0.2) is 22.9 Å². The maximum absolute atomic E-state index is 13.2. The molecule has 2 fully saturated rings. The summed E-state index contributed by atoms with van der Waals surface area (Å²) < 4.78 is 45.2. The van der Waals surface area contributed by atoms with Gasteiger partial charge in [0.2, 0.25) is 5.91 Å². The number of fused-ring (bicyclic) bond motifs is 1. The summed E-state index contributed by atoms with van der Waals surface area (Å²) in [6.07, 6.45) is 1.28. The van der Waals surface area contributed by atoms with Crippen LogP contribution in [-0.2, 0) is 11.0 Å². The van der Waals surface area contributed by atoms with Crippen molar-refractivity contribution >= 4 is 23.0 Å². The van der Waals surface area contributed by atoms with Crippen molar-refractivity contribution in [1.29, 1.82) is 0 Å². The molecule has 5 rings (SSSR count). The number of hydrogen-bond acceptors (Lipinski definition) is 6. The minimum absolute atomic E-state index is 0.0266. The Kier molecular flexibility index (Phi) is 4.45. The lowest BCUT2D eigenvalue weighted by Crippen LogP contribution is -2.45. The average molecular weight is 434 g/mol. The number of nitrogens with one attached hydrogen (secondary N) is 2. The first-order valence-electron chi connectivity index (χ1n) is 10.2. The molecule has 11 heteroatoms. The van der Waals surface area contributed by atoms with Crippen molar-refractivity contribution in [1.82, 2.24) is 25.1 Å². The molecule has 0 bridgehead atoms. The van der Waals surface area contributed by atoms with E-state index in [1.165, 1.54) is 25.2 Å². The summed E-state index contributed by atoms with van der Waals surface area (Å²) in [6, 6.07) is 1.65. The molecule has 0 unspecified atom stereocenters. The highest BCUT2D eigenvalue weighted by molar-refractivity contribution is 5.91. The van der Waals surface area contributed by atoms with E-state index < -0.39 is 17.8 Å². The molecular formula is C20H21F3N6O2. The molecule has 164 valence electrons. The van der Waals surface area contributed by atoms with Crippen LogP contribution in [0.25, 0.3) is 22.5 Å². The van der Waals surface area contributed by atoms with E-state index in [9.17, 15) is 18.0 Å². The molecule has 1 atom stereocenters. The zero-order chi connectivity index (χ0) is 21.8. The maximum Gasteiger partial charge on any atom is 0.418 e. The fourth-order valence-corrected chi connectivity index (χ4v) is 4.23. The third kappa shape index (κ3) is 3.61. The van der Waals surface area contributed by atoms with Gasteiger partial charge in [0.1, 0.15) is 11.6 Å². The molecule has 1 aliphatic carbocycles. The van der Waals surface area contributed by atoms with Crippen LogP contribution in [0.2, 0.25) is 0 Å². The molecule has 3 aromatic rings. The number of aromatic nitrogens is 4. The third-order valence-electron chi connectivity index (χ3n) is 6.34. The molecule has 2 aromatic heterocycles. The number of H-pyrrole nitrogens is 1. The number of likely N-dealkylation sites (tertiary alicyclic amines) is 1. The summed E-state index contributed by atoms with van der Waals surface area (Å²) >= 11 is 0. The second kappa shape index (κ2) is 6.96. The predicted octanol–water partition coefficient (Wildman–Crippen LogP) is 3.83. The Morgan fingerprint density at radius 3 is 2.65 bits per heavy atom. The smallest absolute Gasteiger partial charge is 0.403 e. The lowest BCUT2D eigenvalue weighted by atomic mass is 9.93. The molecule has 1 saturated heterocycles. The van der Waals surface area contributed by atoms with Crippen LogP contribution in [0.5, 0.6) is 0 Å². The van der Waals surface area contributed by atoms with E-state index in [0.717, 1.165) is 32.0 Å². The number of amides is 1. The molecular weight excluding hydrogens is 413 g/mol. The van der Waals surface area contributed by atoms with Gasteiger partial charge < -0.3 is 19.6 Å². The van der Waals surface area contributed by atoms with Crippen molar-refractivity contribution < 1.29 is 22.4 Å². The van der Waals surface area contributed by atoms with Crippen molar-refractivity contribution in [2.75, 3.05) is 18.4 Å². The minimum atomic E-state index is -4.53. The quantitative estimate of drug-likeness (QED) is 0.647. The highest BCUT2D eigenvalue weighted by Gasteiger charge is 2.45. The first kappa shape index (κ1) is 19.8. The Labute approximate surface area is 175 Å². The van der Waals surface area contributed by atoms with E-state index in [0.29, 0.717) is 11.0 Å². The van der Waals surface area contributed by atoms with Gasteiger partial charge in [0, 0.05) is 13.1 Å². The number of piperidine rings is 1. The molecule has 2 N–H and O–H groups in total. The number of imidazole rings is 1. The van der Waals surface area contributed by atoms with Crippen LogP contribution < -0.4 is 5.32 Å². The van der Waals surface area contributed by atoms with Crippen LogP contribution in [0.4, 0.5) is 19.2 Å². The third-order valence-corrected chi connectivity index (χ3v) is 6.34. The summed E-state index contributed by atoms with van der Waals surface area (Å²) in [5.74, 6) is -0.0143. The molecule has 1 spiro atoms. The maximum atomic E-state index is 13.2. The highest BCUT2D eigenvalue weighted by atomic mass is 19.4. The number of carbonyl (C=O) groups excluding carboxylic acids is 1. The number of carbonyl (C=O) groups is 1. The molecule has 1 amide bonds. The Morgan fingerprint density at radius 2 is 1.97 bits per heavy atom. The monoisotopic (exact) mass is 434 g/mol. The van der Waals surface area contributed by atoms with Gasteiger partial charge in [-0.2, -0.15) is 13.2 Å². The average Bonchev–Trinajstić information content (AvgIpc) is 3.13. The van der Waals surface area contributed by atoms with Gasteiger partial charge >= 0.3 is 12.2 Å². The predicted molar refractivity (Wildman–Crippen MR) is 105 cm³/mol. The number of anilines is 1. The molecule has 0 radical (unpaired) electrons. The summed E-state index contributed by atoms with van der Waals surface area (Å²) in [7, 11) is 0. The van der Waals surface area contributed by atoms with Crippen LogP contribution >= 0.6 is 0 Å². The fraction of sp³-hybridized carbons (Fsp3) is 0.500. The van der Waals surface area contributed by atoms with Crippen LogP contribution in [0, 0.1) is 5.41 Å². The van der Waals surface area contributed by atoms with Gasteiger partial charge in [-0.05, 0) is 50.2 Å². The van der Waals surface area contributed by atoms with Crippen molar-refractivity contribution in [3.8, 4) is 11.5 Å². The standard InChI is InChI=1S/C20H21F3N6O2/c1-11(17(30)29-8-6-19(4-5-19)7-9-29)26-18-28-27-16(31-18)12-2-3-13(20(21,22)23)15-14(12)24-10-25-15/h2-3,10-11H,4-9H2,1H3,(H,24,25)(H,26,28)/t11-/m1/s1. The van der Waals surface area contributed by atoms with Crippen molar-refractivity contribution in [3.05, 3.63) is 24.0 Å².